The molecule has 2 atom stereocenters. The van der Waals surface area contributed by atoms with E-state index in [9.17, 15) is 18.0 Å². The van der Waals surface area contributed by atoms with Crippen LogP contribution < -0.4 is 0 Å². The zero-order chi connectivity index (χ0) is 13.6. The van der Waals surface area contributed by atoms with Crippen LogP contribution >= 0.6 is 0 Å². The summed E-state index contributed by atoms with van der Waals surface area (Å²) in [5, 5.41) is 0. The third-order valence-electron chi connectivity index (χ3n) is 3.46. The maximum atomic E-state index is 12.4. The number of halogens is 3. The SMILES string of the molecule is O=C(c1ccc(C(F)(F)F)nc1)N1CC2CC1CO2. The highest BCUT2D eigenvalue weighted by molar-refractivity contribution is 5.94. The minimum Gasteiger partial charge on any atom is -0.374 e. The van der Waals surface area contributed by atoms with Gasteiger partial charge in [0, 0.05) is 12.7 Å². The standard InChI is InChI=1S/C12H11F3N2O2/c13-12(14,15)10-2-1-7(4-16-10)11(18)17-5-9-3-8(17)6-19-9/h1-2,4,8-9H,3,5-6H2. The molecule has 0 radical (unpaired) electrons. The van der Waals surface area contributed by atoms with Crippen LogP contribution in [0.15, 0.2) is 18.3 Å². The molecule has 2 bridgehead atoms. The molecule has 1 amide bonds. The molecule has 0 aromatic carbocycles. The molecule has 1 aromatic rings. The van der Waals surface area contributed by atoms with Crippen LogP contribution in [0.1, 0.15) is 22.5 Å². The van der Waals surface area contributed by atoms with Gasteiger partial charge in [0.2, 0.25) is 0 Å². The van der Waals surface area contributed by atoms with E-state index >= 15 is 0 Å². The number of hydrogen-bond donors (Lipinski definition) is 0. The first-order valence-corrected chi connectivity index (χ1v) is 5.91. The van der Waals surface area contributed by atoms with Gasteiger partial charge in [-0.3, -0.25) is 9.78 Å². The van der Waals surface area contributed by atoms with Crippen molar-refractivity contribution < 1.29 is 22.7 Å². The number of nitrogens with zero attached hydrogens (tertiary/aromatic N) is 2. The molecule has 1 aromatic heterocycles. The van der Waals surface area contributed by atoms with E-state index in [0.717, 1.165) is 18.7 Å². The van der Waals surface area contributed by atoms with E-state index in [1.54, 1.807) is 4.90 Å². The summed E-state index contributed by atoms with van der Waals surface area (Å²) in [7, 11) is 0. The van der Waals surface area contributed by atoms with Crippen LogP contribution in [-0.4, -0.2) is 41.1 Å². The summed E-state index contributed by atoms with van der Waals surface area (Å²) in [5.41, 5.74) is -0.809. The average Bonchev–Trinajstić information content (AvgIpc) is 2.99. The van der Waals surface area contributed by atoms with Crippen molar-refractivity contribution in [2.24, 2.45) is 0 Å². The number of rotatable bonds is 1. The van der Waals surface area contributed by atoms with Crippen LogP contribution in [-0.2, 0) is 10.9 Å². The predicted molar refractivity (Wildman–Crippen MR) is 58.4 cm³/mol. The van der Waals surface area contributed by atoms with Crippen LogP contribution in [0.4, 0.5) is 13.2 Å². The lowest BCUT2D eigenvalue weighted by Crippen LogP contribution is -2.41. The summed E-state index contributed by atoms with van der Waals surface area (Å²) < 4.78 is 42.5. The molecule has 0 N–H and O–H groups in total. The van der Waals surface area contributed by atoms with Gasteiger partial charge in [0.15, 0.2) is 0 Å². The zero-order valence-corrected chi connectivity index (χ0v) is 9.85. The third-order valence-corrected chi connectivity index (χ3v) is 3.46. The first-order chi connectivity index (χ1) is 8.95. The molecule has 0 spiro atoms. The topological polar surface area (TPSA) is 42.4 Å². The molecule has 19 heavy (non-hydrogen) atoms. The Morgan fingerprint density at radius 2 is 2.21 bits per heavy atom. The van der Waals surface area contributed by atoms with Crippen LogP contribution in [0.25, 0.3) is 0 Å². The Kier molecular flexibility index (Phi) is 2.74. The molecule has 2 aliphatic heterocycles. The quantitative estimate of drug-likeness (QED) is 0.781. The van der Waals surface area contributed by atoms with E-state index in [4.69, 9.17) is 4.74 Å². The van der Waals surface area contributed by atoms with E-state index in [0.29, 0.717) is 13.2 Å². The van der Waals surface area contributed by atoms with Crippen molar-refractivity contribution in [1.29, 1.82) is 0 Å². The number of hydrogen-bond acceptors (Lipinski definition) is 3. The molecule has 3 rings (SSSR count). The van der Waals surface area contributed by atoms with E-state index in [2.05, 4.69) is 4.98 Å². The normalized spacial score (nSPS) is 25.9. The number of aromatic nitrogens is 1. The Balaban J connectivity index is 1.77. The molecule has 3 heterocycles. The van der Waals surface area contributed by atoms with Crippen molar-refractivity contribution >= 4 is 5.91 Å². The second-order valence-corrected chi connectivity index (χ2v) is 4.73. The molecule has 2 fully saturated rings. The molecular weight excluding hydrogens is 261 g/mol. The molecule has 0 saturated carbocycles. The van der Waals surface area contributed by atoms with Gasteiger partial charge in [0.25, 0.3) is 5.91 Å². The fourth-order valence-corrected chi connectivity index (χ4v) is 2.50. The molecule has 102 valence electrons. The molecule has 2 unspecified atom stereocenters. The first-order valence-electron chi connectivity index (χ1n) is 5.91. The van der Waals surface area contributed by atoms with Crippen molar-refractivity contribution in [2.45, 2.75) is 24.7 Å². The van der Waals surface area contributed by atoms with E-state index < -0.39 is 11.9 Å². The van der Waals surface area contributed by atoms with Gasteiger partial charge in [-0.1, -0.05) is 0 Å². The van der Waals surface area contributed by atoms with E-state index in [1.165, 1.54) is 6.07 Å². The monoisotopic (exact) mass is 272 g/mol. The summed E-state index contributed by atoms with van der Waals surface area (Å²) in [6, 6.07) is 2.04. The lowest BCUT2D eigenvalue weighted by molar-refractivity contribution is -0.141. The number of likely N-dealkylation sites (tertiary alicyclic amines) is 1. The van der Waals surface area contributed by atoms with Gasteiger partial charge in [-0.25, -0.2) is 0 Å². The van der Waals surface area contributed by atoms with Crippen molar-refractivity contribution in [3.05, 3.63) is 29.6 Å². The Morgan fingerprint density at radius 3 is 2.68 bits per heavy atom. The Morgan fingerprint density at radius 1 is 1.42 bits per heavy atom. The Hall–Kier alpha value is -1.63. The number of pyridine rings is 1. The maximum absolute atomic E-state index is 12.4. The minimum absolute atomic E-state index is 0.0415. The summed E-state index contributed by atoms with van der Waals surface area (Å²) in [6.45, 7) is 1.01. The Bertz CT molecular complexity index is 501. The van der Waals surface area contributed by atoms with Crippen molar-refractivity contribution in [1.82, 2.24) is 9.88 Å². The lowest BCUT2D eigenvalue weighted by atomic mass is 10.2. The molecule has 2 aliphatic rings. The first kappa shape index (κ1) is 12.4. The average molecular weight is 272 g/mol. The fourth-order valence-electron chi connectivity index (χ4n) is 2.50. The smallest absolute Gasteiger partial charge is 0.374 e. The van der Waals surface area contributed by atoms with E-state index in [-0.39, 0.29) is 23.6 Å². The predicted octanol–water partition coefficient (Wildman–Crippen LogP) is 1.71. The minimum atomic E-state index is -4.48. The zero-order valence-electron chi connectivity index (χ0n) is 9.85. The van der Waals surface area contributed by atoms with Gasteiger partial charge in [0.05, 0.1) is 24.3 Å². The van der Waals surface area contributed by atoms with Crippen LogP contribution in [0.2, 0.25) is 0 Å². The molecule has 2 saturated heterocycles. The van der Waals surface area contributed by atoms with Crippen LogP contribution in [0, 0.1) is 0 Å². The number of carbonyl (C=O) groups is 1. The summed E-state index contributed by atoms with van der Waals surface area (Å²) in [6.07, 6.45) is -2.63. The Labute approximate surface area is 107 Å². The number of ether oxygens (including phenoxy) is 1. The van der Waals surface area contributed by atoms with E-state index in [1.807, 2.05) is 0 Å². The molecular formula is C12H11F3N2O2. The third kappa shape index (κ3) is 2.18. The van der Waals surface area contributed by atoms with Crippen molar-refractivity contribution in [3.8, 4) is 0 Å². The second kappa shape index (κ2) is 4.19. The molecule has 4 nitrogen and oxygen atoms in total. The number of carbonyl (C=O) groups excluding carboxylic acids is 1. The van der Waals surface area contributed by atoms with Crippen LogP contribution in [0.5, 0.6) is 0 Å². The lowest BCUT2D eigenvalue weighted by Gasteiger charge is -2.26. The van der Waals surface area contributed by atoms with Crippen LogP contribution in [0.3, 0.4) is 0 Å². The van der Waals surface area contributed by atoms with Crippen molar-refractivity contribution in [2.75, 3.05) is 13.2 Å². The van der Waals surface area contributed by atoms with Gasteiger partial charge >= 0.3 is 6.18 Å². The number of morpholine rings is 1. The summed E-state index contributed by atoms with van der Waals surface area (Å²) >= 11 is 0. The number of alkyl halides is 3. The largest absolute Gasteiger partial charge is 0.433 e. The highest BCUT2D eigenvalue weighted by Gasteiger charge is 2.41. The van der Waals surface area contributed by atoms with Gasteiger partial charge in [-0.15, -0.1) is 0 Å². The second-order valence-electron chi connectivity index (χ2n) is 4.73. The highest BCUT2D eigenvalue weighted by atomic mass is 19.4. The number of amides is 1. The van der Waals surface area contributed by atoms with Gasteiger partial charge < -0.3 is 9.64 Å². The van der Waals surface area contributed by atoms with Gasteiger partial charge in [0.1, 0.15) is 5.69 Å². The highest BCUT2D eigenvalue weighted by Crippen LogP contribution is 2.30. The summed E-state index contributed by atoms with van der Waals surface area (Å²) in [5.74, 6) is -0.281. The number of fused-ring (bicyclic) bond motifs is 2. The fraction of sp³-hybridized carbons (Fsp3) is 0.500. The van der Waals surface area contributed by atoms with Gasteiger partial charge in [-0.05, 0) is 18.6 Å². The summed E-state index contributed by atoms with van der Waals surface area (Å²) in [4.78, 5) is 17.1. The maximum Gasteiger partial charge on any atom is 0.433 e. The molecule has 7 heteroatoms. The van der Waals surface area contributed by atoms with Gasteiger partial charge in [-0.2, -0.15) is 13.2 Å². The molecule has 0 aliphatic carbocycles. The van der Waals surface area contributed by atoms with Crippen molar-refractivity contribution in [3.63, 3.8) is 0 Å².